The summed E-state index contributed by atoms with van der Waals surface area (Å²) in [6.45, 7) is 0. The minimum atomic E-state index is -1.33. The molecule has 0 heterocycles. The normalized spacial score (nSPS) is 9.84. The van der Waals surface area contributed by atoms with E-state index in [1.54, 1.807) is 36.4 Å². The van der Waals surface area contributed by atoms with Crippen molar-refractivity contribution in [1.82, 2.24) is 0 Å². The van der Waals surface area contributed by atoms with Crippen LogP contribution in [-0.2, 0) is 0 Å². The van der Waals surface area contributed by atoms with E-state index in [1.165, 1.54) is 72.8 Å². The summed E-state index contributed by atoms with van der Waals surface area (Å²) >= 11 is 0. The molecule has 0 aromatic heterocycles. The smallest absolute Gasteiger partial charge is 0.545 e. The third-order valence-corrected chi connectivity index (χ3v) is 7.09. The second kappa shape index (κ2) is 18.6. The fourth-order valence-corrected chi connectivity index (χ4v) is 4.97. The molecule has 0 spiro atoms. The van der Waals surface area contributed by atoms with Crippen LogP contribution < -0.4 is 30.6 Å². The number of benzene rings is 6. The molecule has 50 heavy (non-hydrogen) atoms. The molecule has 242 valence electrons. The van der Waals surface area contributed by atoms with Crippen LogP contribution in [0.1, 0.15) is 62.1 Å². The molecule has 14 heteroatoms. The van der Waals surface area contributed by atoms with Crippen molar-refractivity contribution < 1.29 is 143 Å². The molecule has 0 unspecified atom stereocenters. The van der Waals surface area contributed by atoms with Gasteiger partial charge in [-0.05, 0) is 32.3 Å². The van der Waals surface area contributed by atoms with Crippen LogP contribution in [0.5, 0.6) is 0 Å². The summed E-state index contributed by atoms with van der Waals surface area (Å²) in [7, 11) is 0. The van der Waals surface area contributed by atoms with Gasteiger partial charge in [-0.2, -0.15) is 0 Å². The first kappa shape index (κ1) is 41.8. The van der Waals surface area contributed by atoms with E-state index in [2.05, 4.69) is 0 Å². The molecule has 0 saturated carbocycles. The maximum Gasteiger partial charge on any atom is 3.00 e. The zero-order chi connectivity index (χ0) is 35.1. The van der Waals surface area contributed by atoms with Crippen LogP contribution >= 0.6 is 0 Å². The molecule has 0 aliphatic rings. The van der Waals surface area contributed by atoms with Gasteiger partial charge in [0.2, 0.25) is 0 Å². The zero-order valence-corrected chi connectivity index (χ0v) is 31.6. The van der Waals surface area contributed by atoms with Crippen molar-refractivity contribution in [2.24, 2.45) is 0 Å². The van der Waals surface area contributed by atoms with Gasteiger partial charge in [-0.3, -0.25) is 0 Å². The van der Waals surface area contributed by atoms with Gasteiger partial charge in [-0.15, -0.1) is 0 Å². The standard InChI is InChI=1S/3C12H8O4.2Ce/c3*13-11(14)9-5-6-10(12(15)16)8-4-2-1-3-7(8)9;;/h3*1-6H,(H,13,14)(H,15,16);;/q;;;2*+3/p-6. The number of hydrogen-bond donors (Lipinski definition) is 0. The van der Waals surface area contributed by atoms with Crippen molar-refractivity contribution >= 4 is 68.1 Å². The molecule has 2 radical (unpaired) electrons. The fraction of sp³-hybridized carbons (Fsp3) is 0. The first-order valence-electron chi connectivity index (χ1n) is 13.7. The monoisotopic (exact) mass is 922 g/mol. The number of rotatable bonds is 6. The van der Waals surface area contributed by atoms with E-state index in [-0.39, 0.29) is 117 Å². The number of carbonyl (C=O) groups is 6. The van der Waals surface area contributed by atoms with Crippen molar-refractivity contribution in [3.05, 3.63) is 143 Å². The Morgan fingerprint density at radius 1 is 0.260 bits per heavy atom. The van der Waals surface area contributed by atoms with Gasteiger partial charge < -0.3 is 59.4 Å². The Hall–Kier alpha value is -4.33. The fourth-order valence-electron chi connectivity index (χ4n) is 4.97. The summed E-state index contributed by atoms with van der Waals surface area (Å²) in [6.07, 6.45) is 0. The maximum absolute atomic E-state index is 10.8. The Morgan fingerprint density at radius 3 is 0.480 bits per heavy atom. The van der Waals surface area contributed by atoms with Gasteiger partial charge in [0.05, 0.1) is 35.8 Å². The van der Waals surface area contributed by atoms with Crippen LogP contribution in [0.15, 0.2) is 109 Å². The number of hydrogen-bond acceptors (Lipinski definition) is 12. The van der Waals surface area contributed by atoms with Crippen molar-refractivity contribution in [3.63, 3.8) is 0 Å². The van der Waals surface area contributed by atoms with E-state index in [0.29, 0.717) is 32.3 Å². The molecule has 6 aromatic rings. The van der Waals surface area contributed by atoms with E-state index in [4.69, 9.17) is 0 Å². The molecular weight excluding hydrogens is 905 g/mol. The van der Waals surface area contributed by atoms with Gasteiger partial charge in [0.25, 0.3) is 0 Å². The molecule has 0 aliphatic carbocycles. The molecule has 0 bridgehead atoms. The summed E-state index contributed by atoms with van der Waals surface area (Å²) < 4.78 is 0. The summed E-state index contributed by atoms with van der Waals surface area (Å²) in [4.78, 5) is 64.9. The van der Waals surface area contributed by atoms with Gasteiger partial charge in [0.15, 0.2) is 0 Å². The molecule has 6 rings (SSSR count). The summed E-state index contributed by atoms with van der Waals surface area (Å²) in [5.41, 5.74) is -0.163. The van der Waals surface area contributed by atoms with E-state index < -0.39 is 35.8 Å². The van der Waals surface area contributed by atoms with Gasteiger partial charge >= 0.3 is 83.5 Å². The van der Waals surface area contributed by atoms with Crippen molar-refractivity contribution in [2.45, 2.75) is 0 Å². The van der Waals surface area contributed by atoms with Crippen LogP contribution in [0.25, 0.3) is 32.3 Å². The third kappa shape index (κ3) is 9.46. The number of aromatic carboxylic acids is 6. The quantitative estimate of drug-likeness (QED) is 0.190. The van der Waals surface area contributed by atoms with Crippen LogP contribution in [0.3, 0.4) is 0 Å². The third-order valence-electron chi connectivity index (χ3n) is 7.09. The Kier molecular flexibility index (Phi) is 15.6. The van der Waals surface area contributed by atoms with Gasteiger partial charge in [-0.25, -0.2) is 0 Å². The Labute approximate surface area is 349 Å². The maximum atomic E-state index is 10.8. The molecule has 0 N–H and O–H groups in total. The molecule has 0 saturated heterocycles. The molecule has 6 aromatic carbocycles. The van der Waals surface area contributed by atoms with Crippen LogP contribution in [0, 0.1) is 83.5 Å². The number of fused-ring (bicyclic) bond motifs is 3. The number of carboxylic acids is 6. The summed E-state index contributed by atoms with van der Waals surface area (Å²) in [5.74, 6) is -7.99. The first-order chi connectivity index (χ1) is 22.8. The minimum Gasteiger partial charge on any atom is -0.545 e. The molecule has 12 nitrogen and oxygen atoms in total. The predicted molar refractivity (Wildman–Crippen MR) is 158 cm³/mol. The SMILES string of the molecule is O=C([O-])c1ccc(C(=O)[O-])c2ccccc12.O=C([O-])c1ccc(C(=O)[O-])c2ccccc12.O=C([O-])c1ccc(C(=O)[O-])c2ccccc12.[Ce+3].[Ce+3]. The van der Waals surface area contributed by atoms with Gasteiger partial charge in [0, 0.05) is 33.4 Å². The van der Waals surface area contributed by atoms with Crippen LogP contribution in [0.4, 0.5) is 0 Å². The first-order valence-corrected chi connectivity index (χ1v) is 13.7. The molecule has 0 atom stereocenters. The summed E-state index contributed by atoms with van der Waals surface area (Å²) in [6, 6.07) is 26.3. The number of carboxylic acid groups (broad SMARTS) is 6. The molecule has 0 fully saturated rings. The van der Waals surface area contributed by atoms with E-state index >= 15 is 0 Å². The Balaban J connectivity index is 0.000000255. The Bertz CT molecular complexity index is 1870. The predicted octanol–water partition coefficient (Wildman–Crippen LogP) is -1.30. The van der Waals surface area contributed by atoms with Crippen molar-refractivity contribution in [3.8, 4) is 0 Å². The van der Waals surface area contributed by atoms with Crippen LogP contribution in [0.2, 0.25) is 0 Å². The minimum absolute atomic E-state index is 0. The molecular formula is C36H18Ce2O12. The van der Waals surface area contributed by atoms with Crippen LogP contribution in [-0.4, -0.2) is 35.8 Å². The number of carbonyl (C=O) groups excluding carboxylic acids is 6. The average Bonchev–Trinajstić information content (AvgIpc) is 3.06. The van der Waals surface area contributed by atoms with Crippen molar-refractivity contribution in [1.29, 1.82) is 0 Å². The molecule has 0 amide bonds. The second-order valence-electron chi connectivity index (χ2n) is 9.84. The Morgan fingerprint density at radius 2 is 0.380 bits per heavy atom. The van der Waals surface area contributed by atoms with Gasteiger partial charge in [-0.1, -0.05) is 109 Å². The largest absolute Gasteiger partial charge is 3.00 e. The topological polar surface area (TPSA) is 241 Å². The van der Waals surface area contributed by atoms with E-state index in [9.17, 15) is 59.4 Å². The summed E-state index contributed by atoms with van der Waals surface area (Å²) in [5, 5.41) is 67.0. The second-order valence-corrected chi connectivity index (χ2v) is 9.84. The van der Waals surface area contributed by atoms with E-state index in [0.717, 1.165) is 0 Å². The van der Waals surface area contributed by atoms with Gasteiger partial charge in [0.1, 0.15) is 0 Å². The zero-order valence-electron chi connectivity index (χ0n) is 25.3. The van der Waals surface area contributed by atoms with E-state index in [1.807, 2.05) is 0 Å². The molecule has 0 aliphatic heterocycles. The van der Waals surface area contributed by atoms with Crippen molar-refractivity contribution in [2.75, 3.05) is 0 Å². The average molecular weight is 923 g/mol.